The standard InChI is InChI=1S/C27H30F2N10O3S/c1-35(11-13-43(2)41)26(40)17-14-21(20(29)15-19(17)28)37-8-5-36(6-9-37)7-10-38-24-18(16-31-38)25-32-23(22-4-3-12-42-22)34-39(25)27(30)33-24/h3-4,12,14-16H,5-11,13H2,1-2H3,(H2,30,33)/t43-/m0/s1. The molecule has 43 heavy (non-hydrogen) atoms. The number of hydrogen-bond acceptors (Lipinski definition) is 10. The summed E-state index contributed by atoms with van der Waals surface area (Å²) in [4.78, 5) is 27.2. The minimum Gasteiger partial charge on any atom is -0.617 e. The molecule has 5 heterocycles. The predicted octanol–water partition coefficient (Wildman–Crippen LogP) is 1.87. The zero-order valence-electron chi connectivity index (χ0n) is 23.6. The fourth-order valence-electron chi connectivity index (χ4n) is 5.10. The Kier molecular flexibility index (Phi) is 7.89. The summed E-state index contributed by atoms with van der Waals surface area (Å²) in [6.45, 7) is 3.61. The lowest BCUT2D eigenvalue weighted by atomic mass is 10.1. The van der Waals surface area contributed by atoms with Gasteiger partial charge in [0.15, 0.2) is 17.1 Å². The zero-order valence-corrected chi connectivity index (χ0v) is 24.4. The number of nitrogens with two attached hydrogens (primary N) is 1. The summed E-state index contributed by atoms with van der Waals surface area (Å²) in [6, 6.07) is 5.55. The molecule has 0 aliphatic carbocycles. The van der Waals surface area contributed by atoms with Crippen LogP contribution in [0.1, 0.15) is 10.4 Å². The van der Waals surface area contributed by atoms with E-state index >= 15 is 0 Å². The van der Waals surface area contributed by atoms with Crippen LogP contribution in [0.25, 0.3) is 28.3 Å². The average Bonchev–Trinajstić information content (AvgIpc) is 3.75. The summed E-state index contributed by atoms with van der Waals surface area (Å²) in [6.07, 6.45) is 4.77. The highest BCUT2D eigenvalue weighted by Crippen LogP contribution is 2.26. The lowest BCUT2D eigenvalue weighted by Gasteiger charge is -2.36. The Hall–Kier alpha value is -4.28. The van der Waals surface area contributed by atoms with Crippen LogP contribution in [-0.4, -0.2) is 108 Å². The lowest BCUT2D eigenvalue weighted by molar-refractivity contribution is 0.0798. The van der Waals surface area contributed by atoms with Crippen LogP contribution in [0.5, 0.6) is 0 Å². The van der Waals surface area contributed by atoms with Crippen molar-refractivity contribution in [2.24, 2.45) is 0 Å². The van der Waals surface area contributed by atoms with Gasteiger partial charge in [-0.15, -0.1) is 5.10 Å². The van der Waals surface area contributed by atoms with Crippen LogP contribution < -0.4 is 10.6 Å². The molecule has 0 bridgehead atoms. The van der Waals surface area contributed by atoms with E-state index in [1.54, 1.807) is 29.3 Å². The molecule has 1 saturated heterocycles. The van der Waals surface area contributed by atoms with Gasteiger partial charge < -0.3 is 24.5 Å². The molecule has 0 radical (unpaired) electrons. The molecule has 1 aliphatic heterocycles. The van der Waals surface area contributed by atoms with E-state index in [2.05, 4.69) is 25.1 Å². The molecule has 0 saturated carbocycles. The third-order valence-electron chi connectivity index (χ3n) is 7.51. The van der Waals surface area contributed by atoms with Crippen molar-refractivity contribution in [3.63, 3.8) is 0 Å². The quantitative estimate of drug-likeness (QED) is 0.245. The van der Waals surface area contributed by atoms with Crippen molar-refractivity contribution in [1.29, 1.82) is 0 Å². The van der Waals surface area contributed by atoms with Crippen LogP contribution in [0.3, 0.4) is 0 Å². The topological polar surface area (TPSA) is 150 Å². The first-order valence-corrected chi connectivity index (χ1v) is 15.4. The predicted molar refractivity (Wildman–Crippen MR) is 157 cm³/mol. The van der Waals surface area contributed by atoms with Crippen LogP contribution in [0.15, 0.2) is 41.1 Å². The van der Waals surface area contributed by atoms with Crippen LogP contribution >= 0.6 is 0 Å². The number of nitrogen functional groups attached to an aromatic ring is 1. The SMILES string of the molecule is CN(CC[S@+](C)[O-])C(=O)c1cc(N2CCN(CCn3ncc4c3nc(N)n3nc(-c5ccco5)nc43)CC2)c(F)cc1F. The number of nitrogens with zero attached hydrogens (tertiary/aromatic N) is 9. The van der Waals surface area contributed by atoms with E-state index < -0.39 is 28.7 Å². The van der Waals surface area contributed by atoms with Crippen LogP contribution in [-0.2, 0) is 17.7 Å². The minimum absolute atomic E-state index is 0.175. The van der Waals surface area contributed by atoms with E-state index in [4.69, 9.17) is 10.2 Å². The Bertz CT molecular complexity index is 1770. The number of amides is 1. The summed E-state index contributed by atoms with van der Waals surface area (Å²) in [7, 11) is 1.51. The van der Waals surface area contributed by atoms with Gasteiger partial charge in [-0.2, -0.15) is 14.6 Å². The number of anilines is 2. The number of furan rings is 1. The number of benzene rings is 1. The molecule has 4 aromatic heterocycles. The third kappa shape index (κ3) is 5.72. The second-order valence-electron chi connectivity index (χ2n) is 10.3. The van der Waals surface area contributed by atoms with Crippen molar-refractivity contribution in [2.75, 3.05) is 69.0 Å². The van der Waals surface area contributed by atoms with Crippen LogP contribution in [0.4, 0.5) is 20.4 Å². The highest BCUT2D eigenvalue weighted by Gasteiger charge is 2.25. The Morgan fingerprint density at radius 1 is 1.14 bits per heavy atom. The van der Waals surface area contributed by atoms with Crippen molar-refractivity contribution < 1.29 is 22.5 Å². The van der Waals surface area contributed by atoms with Crippen molar-refractivity contribution in [2.45, 2.75) is 6.54 Å². The molecule has 5 aromatic rings. The molecule has 13 nitrogen and oxygen atoms in total. The second kappa shape index (κ2) is 11.8. The largest absolute Gasteiger partial charge is 0.617 e. The summed E-state index contributed by atoms with van der Waals surface area (Å²) in [5, 5.41) is 9.62. The highest BCUT2D eigenvalue weighted by molar-refractivity contribution is 7.90. The van der Waals surface area contributed by atoms with Gasteiger partial charge in [0.25, 0.3) is 5.91 Å². The maximum absolute atomic E-state index is 14.8. The molecule has 1 fully saturated rings. The van der Waals surface area contributed by atoms with E-state index in [0.717, 1.165) is 6.07 Å². The van der Waals surface area contributed by atoms with Gasteiger partial charge in [-0.05, 0) is 18.2 Å². The number of fused-ring (bicyclic) bond motifs is 3. The number of aromatic nitrogens is 6. The van der Waals surface area contributed by atoms with E-state index in [9.17, 15) is 18.1 Å². The molecule has 1 amide bonds. The van der Waals surface area contributed by atoms with Crippen LogP contribution in [0.2, 0.25) is 0 Å². The van der Waals surface area contributed by atoms with Gasteiger partial charge in [-0.1, -0.05) is 11.2 Å². The fraction of sp³-hybridized carbons (Fsp3) is 0.370. The van der Waals surface area contributed by atoms with Gasteiger partial charge in [0.1, 0.15) is 17.4 Å². The molecule has 0 spiro atoms. The van der Waals surface area contributed by atoms with E-state index in [1.165, 1.54) is 28.8 Å². The van der Waals surface area contributed by atoms with Gasteiger partial charge >= 0.3 is 0 Å². The van der Waals surface area contributed by atoms with Gasteiger partial charge in [-0.25, -0.2) is 18.4 Å². The average molecular weight is 613 g/mol. The Morgan fingerprint density at radius 3 is 2.65 bits per heavy atom. The molecule has 1 aromatic carbocycles. The summed E-state index contributed by atoms with van der Waals surface area (Å²) in [5.74, 6) is -0.860. The Balaban J connectivity index is 1.11. The smallest absolute Gasteiger partial charge is 0.256 e. The number of hydrogen-bond donors (Lipinski definition) is 1. The first kappa shape index (κ1) is 28.8. The second-order valence-corrected chi connectivity index (χ2v) is 11.9. The zero-order chi connectivity index (χ0) is 30.2. The number of carbonyl (C=O) groups is 1. The molecule has 6 rings (SSSR count). The van der Waals surface area contributed by atoms with Crippen molar-refractivity contribution >= 4 is 45.4 Å². The molecule has 0 unspecified atom stereocenters. The molecule has 1 aliphatic rings. The van der Waals surface area contributed by atoms with Gasteiger partial charge in [-0.3, -0.25) is 9.69 Å². The Morgan fingerprint density at radius 2 is 1.93 bits per heavy atom. The first-order valence-electron chi connectivity index (χ1n) is 13.6. The number of rotatable bonds is 9. The first-order chi connectivity index (χ1) is 20.7. The monoisotopic (exact) mass is 612 g/mol. The molecular weight excluding hydrogens is 582 g/mol. The molecular formula is C27H30F2N10O3S. The van der Waals surface area contributed by atoms with Crippen molar-refractivity contribution in [3.05, 3.63) is 53.9 Å². The number of carbonyl (C=O) groups excluding carboxylic acids is 1. The summed E-state index contributed by atoms with van der Waals surface area (Å²) >= 11 is -1.09. The van der Waals surface area contributed by atoms with Crippen LogP contribution in [0, 0.1) is 11.6 Å². The molecule has 2 N–H and O–H groups in total. The van der Waals surface area contributed by atoms with E-state index in [0.29, 0.717) is 67.5 Å². The fourth-order valence-corrected chi connectivity index (χ4v) is 5.63. The summed E-state index contributed by atoms with van der Waals surface area (Å²) < 4.78 is 49.4. The van der Waals surface area contributed by atoms with Gasteiger partial charge in [0, 0.05) is 45.8 Å². The van der Waals surface area contributed by atoms with Crippen molar-refractivity contribution in [1.82, 2.24) is 39.2 Å². The van der Waals surface area contributed by atoms with Gasteiger partial charge in [0.2, 0.25) is 11.8 Å². The summed E-state index contributed by atoms with van der Waals surface area (Å²) in [5.41, 5.74) is 7.28. The lowest BCUT2D eigenvalue weighted by Crippen LogP contribution is -2.47. The molecule has 226 valence electrons. The van der Waals surface area contributed by atoms with Crippen molar-refractivity contribution in [3.8, 4) is 11.6 Å². The van der Waals surface area contributed by atoms with E-state index in [1.807, 2.05) is 4.90 Å². The molecule has 1 atom stereocenters. The number of halogens is 2. The molecule has 16 heteroatoms. The maximum atomic E-state index is 14.8. The highest BCUT2D eigenvalue weighted by atomic mass is 32.2. The Labute approximate surface area is 248 Å². The normalized spacial score (nSPS) is 15.0. The maximum Gasteiger partial charge on any atom is 0.256 e. The number of piperazine rings is 1. The van der Waals surface area contributed by atoms with Gasteiger partial charge in [0.05, 0.1) is 48.4 Å². The van der Waals surface area contributed by atoms with E-state index in [-0.39, 0.29) is 29.5 Å². The minimum atomic E-state index is -1.09. The third-order valence-corrected chi connectivity index (χ3v) is 8.26.